The summed E-state index contributed by atoms with van der Waals surface area (Å²) in [4.78, 5) is 16.1. The molecule has 3 rings (SSSR count). The molecule has 0 bridgehead atoms. The molecule has 0 aromatic rings. The summed E-state index contributed by atoms with van der Waals surface area (Å²) in [6.07, 6.45) is -1.16. The highest BCUT2D eigenvalue weighted by Gasteiger charge is 2.71. The summed E-state index contributed by atoms with van der Waals surface area (Å²) < 4.78 is 4.68. The Hall–Kier alpha value is -2.31. The molecule has 2 saturated heterocycles. The number of amides is 1. The fraction of sp³-hybridized carbons (Fsp3) is 0.700. The predicted molar refractivity (Wildman–Crippen MR) is 70.4 cm³/mol. The topological polar surface area (TPSA) is 194 Å². The molecule has 9 N–H and O–H groups in total. The van der Waals surface area contributed by atoms with Crippen LogP contribution in [0, 0.1) is 5.41 Å². The Bertz CT molecular complexity index is 566. The Labute approximate surface area is 124 Å². The molecule has 122 valence electrons. The SMILES string of the molecule is N=C1N(O)[C@@H](COC(N)=O)[C@@H]2NC(N)=NC23N1CCC3(O)O. The summed E-state index contributed by atoms with van der Waals surface area (Å²) >= 11 is 0. The van der Waals surface area contributed by atoms with E-state index in [4.69, 9.17) is 16.9 Å². The maximum atomic E-state index is 10.8. The van der Waals surface area contributed by atoms with Gasteiger partial charge in [-0.3, -0.25) is 10.6 Å². The van der Waals surface area contributed by atoms with E-state index in [0.717, 1.165) is 0 Å². The van der Waals surface area contributed by atoms with Crippen molar-refractivity contribution in [2.45, 2.75) is 30.0 Å². The Kier molecular flexibility index (Phi) is 2.89. The highest BCUT2D eigenvalue weighted by Crippen LogP contribution is 2.47. The number of nitrogens with one attached hydrogen (secondary N) is 2. The number of rotatable bonds is 2. The molecular formula is C10H17N7O5. The van der Waals surface area contributed by atoms with E-state index >= 15 is 0 Å². The molecule has 3 heterocycles. The van der Waals surface area contributed by atoms with E-state index < -0.39 is 35.6 Å². The number of carbonyl (C=O) groups excluding carboxylic acids is 1. The largest absolute Gasteiger partial charge is 0.447 e. The van der Waals surface area contributed by atoms with Crippen LogP contribution in [0.5, 0.6) is 0 Å². The molecule has 1 spiro atoms. The predicted octanol–water partition coefficient (Wildman–Crippen LogP) is -3.54. The van der Waals surface area contributed by atoms with E-state index in [9.17, 15) is 20.2 Å². The minimum absolute atomic E-state index is 0.0726. The minimum atomic E-state index is -2.27. The van der Waals surface area contributed by atoms with E-state index in [1.54, 1.807) is 0 Å². The number of carbonyl (C=O) groups is 1. The molecule has 2 fully saturated rings. The second kappa shape index (κ2) is 4.34. The summed E-state index contributed by atoms with van der Waals surface area (Å²) in [7, 11) is 0. The van der Waals surface area contributed by atoms with Crippen LogP contribution < -0.4 is 16.8 Å². The van der Waals surface area contributed by atoms with Crippen molar-refractivity contribution >= 4 is 18.0 Å². The highest BCUT2D eigenvalue weighted by molar-refractivity contribution is 5.86. The number of nitrogens with two attached hydrogens (primary N) is 2. The first-order valence-corrected chi connectivity index (χ1v) is 6.54. The summed E-state index contributed by atoms with van der Waals surface area (Å²) in [5.41, 5.74) is 8.90. The van der Waals surface area contributed by atoms with Crippen molar-refractivity contribution in [3.05, 3.63) is 0 Å². The fourth-order valence-electron chi connectivity index (χ4n) is 3.34. The lowest BCUT2D eigenvalue weighted by molar-refractivity contribution is -0.236. The van der Waals surface area contributed by atoms with Gasteiger partial charge in [0.25, 0.3) is 0 Å². The maximum absolute atomic E-state index is 10.8. The molecule has 3 aliphatic heterocycles. The number of aliphatic imine (C=N–C) groups is 1. The molecule has 12 nitrogen and oxygen atoms in total. The van der Waals surface area contributed by atoms with E-state index in [0.29, 0.717) is 5.06 Å². The number of hydrogen-bond acceptors (Lipinski definition) is 9. The minimum Gasteiger partial charge on any atom is -0.447 e. The maximum Gasteiger partial charge on any atom is 0.404 e. The van der Waals surface area contributed by atoms with Crippen molar-refractivity contribution in [3.63, 3.8) is 0 Å². The van der Waals surface area contributed by atoms with Gasteiger partial charge in [0.05, 0.1) is 0 Å². The van der Waals surface area contributed by atoms with Crippen LogP contribution >= 0.6 is 0 Å². The monoisotopic (exact) mass is 315 g/mol. The average molecular weight is 315 g/mol. The van der Waals surface area contributed by atoms with Gasteiger partial charge in [0.2, 0.25) is 17.4 Å². The third-order valence-electron chi connectivity index (χ3n) is 4.28. The van der Waals surface area contributed by atoms with Crippen molar-refractivity contribution in [3.8, 4) is 0 Å². The van der Waals surface area contributed by atoms with Crippen LogP contribution in [-0.2, 0) is 4.74 Å². The first-order valence-electron chi connectivity index (χ1n) is 6.54. The molecule has 0 aromatic carbocycles. The fourth-order valence-corrected chi connectivity index (χ4v) is 3.34. The second-order valence-electron chi connectivity index (χ2n) is 5.43. The molecule has 0 aliphatic carbocycles. The molecule has 12 heteroatoms. The van der Waals surface area contributed by atoms with Gasteiger partial charge in [-0.2, -0.15) is 0 Å². The van der Waals surface area contributed by atoms with Crippen molar-refractivity contribution in [1.29, 1.82) is 5.41 Å². The molecular weight excluding hydrogens is 298 g/mol. The van der Waals surface area contributed by atoms with Gasteiger partial charge < -0.3 is 36.6 Å². The molecule has 0 radical (unpaired) electrons. The Morgan fingerprint density at radius 2 is 2.27 bits per heavy atom. The van der Waals surface area contributed by atoms with Crippen molar-refractivity contribution in [1.82, 2.24) is 15.3 Å². The lowest BCUT2D eigenvalue weighted by atomic mass is 9.86. The molecule has 22 heavy (non-hydrogen) atoms. The average Bonchev–Trinajstić information content (AvgIpc) is 2.89. The van der Waals surface area contributed by atoms with Gasteiger partial charge in [-0.25, -0.2) is 14.9 Å². The van der Waals surface area contributed by atoms with E-state index in [2.05, 4.69) is 15.0 Å². The number of guanidine groups is 2. The molecule has 0 saturated carbocycles. The van der Waals surface area contributed by atoms with Gasteiger partial charge >= 0.3 is 6.09 Å². The van der Waals surface area contributed by atoms with Gasteiger partial charge in [-0.05, 0) is 0 Å². The van der Waals surface area contributed by atoms with Crippen LogP contribution in [0.2, 0.25) is 0 Å². The van der Waals surface area contributed by atoms with Gasteiger partial charge in [-0.15, -0.1) is 0 Å². The third-order valence-corrected chi connectivity index (χ3v) is 4.28. The lowest BCUT2D eigenvalue weighted by Gasteiger charge is -2.52. The first-order chi connectivity index (χ1) is 10.2. The summed E-state index contributed by atoms with van der Waals surface area (Å²) in [6, 6.07) is -1.96. The molecule has 3 aliphatic rings. The number of hydrogen-bond donors (Lipinski definition) is 7. The van der Waals surface area contributed by atoms with Gasteiger partial charge in [-0.1, -0.05) is 0 Å². The summed E-state index contributed by atoms with van der Waals surface area (Å²) in [5.74, 6) is -2.75. The standard InChI is InChI=1S/C10H17N7O5/c11-6-14-5-4(3-22-8(13)18)17(21)7(12)16-2-1-9(19,20)10(5,16)15-6/h4-5,12,19-21H,1-3H2,(H2,13,18)(H3,11,14,15)/t4-,5-,10?/m0/s1. The number of hydroxylamine groups is 2. The number of nitrogens with zero attached hydrogens (tertiary/aromatic N) is 3. The van der Waals surface area contributed by atoms with Crippen LogP contribution in [0.1, 0.15) is 6.42 Å². The third kappa shape index (κ3) is 1.65. The van der Waals surface area contributed by atoms with E-state index in [1.807, 2.05) is 0 Å². The van der Waals surface area contributed by atoms with Crippen LogP contribution in [-0.4, -0.2) is 80.1 Å². The quantitative estimate of drug-likeness (QED) is 0.252. The molecule has 1 amide bonds. The highest BCUT2D eigenvalue weighted by atomic mass is 16.6. The zero-order valence-electron chi connectivity index (χ0n) is 11.4. The van der Waals surface area contributed by atoms with Crippen LogP contribution in [0.4, 0.5) is 4.79 Å². The molecule has 0 aromatic heterocycles. The van der Waals surface area contributed by atoms with Crippen molar-refractivity contribution < 1.29 is 25.0 Å². The Balaban J connectivity index is 2.03. The summed E-state index contributed by atoms with van der Waals surface area (Å²) in [5, 5.41) is 42.1. The van der Waals surface area contributed by atoms with Crippen LogP contribution in [0.3, 0.4) is 0 Å². The normalized spacial score (nSPS) is 35.6. The zero-order chi connectivity index (χ0) is 16.3. The zero-order valence-corrected chi connectivity index (χ0v) is 11.4. The number of primary amides is 1. The van der Waals surface area contributed by atoms with Gasteiger partial charge in [0.15, 0.2) is 5.96 Å². The Morgan fingerprint density at radius 3 is 2.91 bits per heavy atom. The van der Waals surface area contributed by atoms with Crippen LogP contribution in [0.15, 0.2) is 4.99 Å². The van der Waals surface area contributed by atoms with Crippen molar-refractivity contribution in [2.75, 3.05) is 13.2 Å². The lowest BCUT2D eigenvalue weighted by Crippen LogP contribution is -2.77. The second-order valence-corrected chi connectivity index (χ2v) is 5.43. The van der Waals surface area contributed by atoms with E-state index in [-0.39, 0.29) is 25.5 Å². The number of ether oxygens (including phenoxy) is 1. The smallest absolute Gasteiger partial charge is 0.404 e. The van der Waals surface area contributed by atoms with Crippen LogP contribution in [0.25, 0.3) is 0 Å². The Morgan fingerprint density at radius 1 is 1.59 bits per heavy atom. The molecule has 1 unspecified atom stereocenters. The van der Waals surface area contributed by atoms with Gasteiger partial charge in [0.1, 0.15) is 18.7 Å². The van der Waals surface area contributed by atoms with Gasteiger partial charge in [0, 0.05) is 13.0 Å². The van der Waals surface area contributed by atoms with E-state index in [1.165, 1.54) is 4.90 Å². The van der Waals surface area contributed by atoms with Crippen molar-refractivity contribution in [2.24, 2.45) is 16.5 Å². The molecule has 3 atom stereocenters. The summed E-state index contributed by atoms with van der Waals surface area (Å²) in [6.45, 7) is -0.304. The first kappa shape index (κ1) is 14.6. The number of aliphatic hydroxyl groups is 2.